The molecule has 1 atom stereocenters. The van der Waals surface area contributed by atoms with E-state index < -0.39 is 0 Å². The SMILES string of the molecule is O=C1CCCN1CCN1CCCC[C@@H]1c1cccc(F)c1. The third-order valence-electron chi connectivity index (χ3n) is 4.68. The molecule has 2 saturated heterocycles. The molecule has 2 aliphatic heterocycles. The molecule has 0 spiro atoms. The highest BCUT2D eigenvalue weighted by Gasteiger charge is 2.26. The van der Waals surface area contributed by atoms with E-state index in [-0.39, 0.29) is 11.7 Å². The summed E-state index contributed by atoms with van der Waals surface area (Å²) in [6, 6.07) is 7.27. The van der Waals surface area contributed by atoms with E-state index in [2.05, 4.69) is 4.90 Å². The number of carbonyl (C=O) groups is 1. The normalized spacial score (nSPS) is 23.8. The van der Waals surface area contributed by atoms with Crippen molar-refractivity contribution < 1.29 is 9.18 Å². The van der Waals surface area contributed by atoms with E-state index >= 15 is 0 Å². The molecule has 21 heavy (non-hydrogen) atoms. The molecule has 4 heteroatoms. The third kappa shape index (κ3) is 3.43. The van der Waals surface area contributed by atoms with Crippen molar-refractivity contribution in [1.29, 1.82) is 0 Å². The highest BCUT2D eigenvalue weighted by atomic mass is 19.1. The van der Waals surface area contributed by atoms with Gasteiger partial charge >= 0.3 is 0 Å². The highest BCUT2D eigenvalue weighted by Crippen LogP contribution is 2.31. The lowest BCUT2D eigenvalue weighted by atomic mass is 9.95. The van der Waals surface area contributed by atoms with Gasteiger partial charge in [-0.25, -0.2) is 4.39 Å². The minimum atomic E-state index is -0.159. The van der Waals surface area contributed by atoms with Gasteiger partial charge in [0.15, 0.2) is 0 Å². The Morgan fingerprint density at radius 1 is 1.14 bits per heavy atom. The lowest BCUT2D eigenvalue weighted by molar-refractivity contribution is -0.128. The van der Waals surface area contributed by atoms with Crippen molar-refractivity contribution in [3.63, 3.8) is 0 Å². The van der Waals surface area contributed by atoms with Crippen LogP contribution in [0.15, 0.2) is 24.3 Å². The van der Waals surface area contributed by atoms with Gasteiger partial charge in [0.1, 0.15) is 5.82 Å². The number of rotatable bonds is 4. The first-order valence-electron chi connectivity index (χ1n) is 8.01. The largest absolute Gasteiger partial charge is 0.341 e. The Kier molecular flexibility index (Phi) is 4.54. The fourth-order valence-electron chi connectivity index (χ4n) is 3.54. The molecule has 0 radical (unpaired) electrons. The summed E-state index contributed by atoms with van der Waals surface area (Å²) < 4.78 is 13.5. The quantitative estimate of drug-likeness (QED) is 0.851. The summed E-state index contributed by atoms with van der Waals surface area (Å²) in [5.74, 6) is 0.127. The minimum Gasteiger partial charge on any atom is -0.341 e. The molecule has 2 heterocycles. The molecule has 3 nitrogen and oxygen atoms in total. The van der Waals surface area contributed by atoms with E-state index in [0.29, 0.717) is 12.5 Å². The van der Waals surface area contributed by atoms with Crippen molar-refractivity contribution in [2.45, 2.75) is 38.1 Å². The van der Waals surface area contributed by atoms with Gasteiger partial charge in [0.05, 0.1) is 0 Å². The molecule has 0 bridgehead atoms. The predicted molar refractivity (Wildman–Crippen MR) is 80.4 cm³/mol. The standard InChI is InChI=1S/C17H23FN2O/c18-15-6-3-5-14(13-15)16-7-1-2-9-19(16)11-12-20-10-4-8-17(20)21/h3,5-6,13,16H,1-2,4,7-12H2/t16-/m1/s1. The first-order valence-corrected chi connectivity index (χ1v) is 8.01. The van der Waals surface area contributed by atoms with Crippen molar-refractivity contribution in [3.05, 3.63) is 35.6 Å². The molecule has 0 N–H and O–H groups in total. The Balaban J connectivity index is 1.65. The lowest BCUT2D eigenvalue weighted by Gasteiger charge is -2.37. The van der Waals surface area contributed by atoms with Gasteiger partial charge in [-0.1, -0.05) is 18.6 Å². The minimum absolute atomic E-state index is 0.159. The number of carbonyl (C=O) groups excluding carboxylic acids is 1. The molecule has 1 amide bonds. The van der Waals surface area contributed by atoms with Crippen LogP contribution in [0.3, 0.4) is 0 Å². The molecule has 0 unspecified atom stereocenters. The fraction of sp³-hybridized carbons (Fsp3) is 0.588. The lowest BCUT2D eigenvalue weighted by Crippen LogP contribution is -2.40. The smallest absolute Gasteiger partial charge is 0.222 e. The van der Waals surface area contributed by atoms with E-state index in [1.807, 2.05) is 11.0 Å². The molecule has 3 rings (SSSR count). The predicted octanol–water partition coefficient (Wildman–Crippen LogP) is 2.98. The molecular formula is C17H23FN2O. The van der Waals surface area contributed by atoms with Crippen molar-refractivity contribution in [1.82, 2.24) is 9.80 Å². The fourth-order valence-corrected chi connectivity index (χ4v) is 3.54. The molecule has 2 fully saturated rings. The van der Waals surface area contributed by atoms with E-state index in [4.69, 9.17) is 0 Å². The van der Waals surface area contributed by atoms with Crippen LogP contribution in [0, 0.1) is 5.82 Å². The Morgan fingerprint density at radius 2 is 2.05 bits per heavy atom. The van der Waals surface area contributed by atoms with Gasteiger partial charge in [-0.15, -0.1) is 0 Å². The van der Waals surface area contributed by atoms with E-state index in [0.717, 1.165) is 44.6 Å². The van der Waals surface area contributed by atoms with Gasteiger partial charge in [-0.3, -0.25) is 9.69 Å². The van der Waals surface area contributed by atoms with Crippen LogP contribution in [-0.2, 0) is 4.79 Å². The Bertz CT molecular complexity index is 505. The summed E-state index contributed by atoms with van der Waals surface area (Å²) in [7, 11) is 0. The molecule has 0 aromatic heterocycles. The maximum atomic E-state index is 13.5. The average molecular weight is 290 g/mol. The summed E-state index contributed by atoms with van der Waals surface area (Å²) in [5, 5.41) is 0. The van der Waals surface area contributed by atoms with E-state index in [1.165, 1.54) is 18.9 Å². The first kappa shape index (κ1) is 14.5. The zero-order chi connectivity index (χ0) is 14.7. The van der Waals surface area contributed by atoms with Crippen LogP contribution in [0.5, 0.6) is 0 Å². The topological polar surface area (TPSA) is 23.6 Å². The highest BCUT2D eigenvalue weighted by molar-refractivity contribution is 5.78. The van der Waals surface area contributed by atoms with Gasteiger partial charge < -0.3 is 4.90 Å². The van der Waals surface area contributed by atoms with Gasteiger partial charge in [0.25, 0.3) is 0 Å². The second-order valence-electron chi connectivity index (χ2n) is 6.09. The second kappa shape index (κ2) is 6.56. The van der Waals surface area contributed by atoms with Crippen LogP contribution in [0.1, 0.15) is 43.7 Å². The number of piperidine rings is 1. The summed E-state index contributed by atoms with van der Waals surface area (Å²) >= 11 is 0. The Morgan fingerprint density at radius 3 is 2.81 bits per heavy atom. The molecule has 114 valence electrons. The van der Waals surface area contributed by atoms with Gasteiger partial charge in [0, 0.05) is 32.1 Å². The number of hydrogen-bond donors (Lipinski definition) is 0. The summed E-state index contributed by atoms with van der Waals surface area (Å²) in [6.07, 6.45) is 5.16. The van der Waals surface area contributed by atoms with Crippen molar-refractivity contribution in [3.8, 4) is 0 Å². The number of benzene rings is 1. The average Bonchev–Trinajstić information content (AvgIpc) is 2.91. The van der Waals surface area contributed by atoms with Crippen LogP contribution >= 0.6 is 0 Å². The summed E-state index contributed by atoms with van der Waals surface area (Å²) in [5.41, 5.74) is 1.07. The van der Waals surface area contributed by atoms with E-state index in [9.17, 15) is 9.18 Å². The van der Waals surface area contributed by atoms with Crippen LogP contribution in [0.2, 0.25) is 0 Å². The van der Waals surface area contributed by atoms with Crippen molar-refractivity contribution in [2.24, 2.45) is 0 Å². The van der Waals surface area contributed by atoms with Crippen molar-refractivity contribution in [2.75, 3.05) is 26.2 Å². The Labute approximate surface area is 125 Å². The number of nitrogens with zero attached hydrogens (tertiary/aromatic N) is 2. The maximum Gasteiger partial charge on any atom is 0.222 e. The zero-order valence-corrected chi connectivity index (χ0v) is 12.4. The summed E-state index contributed by atoms with van der Waals surface area (Å²) in [4.78, 5) is 16.1. The van der Waals surface area contributed by atoms with Crippen molar-refractivity contribution >= 4 is 5.91 Å². The zero-order valence-electron chi connectivity index (χ0n) is 12.4. The first-order chi connectivity index (χ1) is 10.2. The van der Waals surface area contributed by atoms with Gasteiger partial charge in [-0.2, -0.15) is 0 Å². The maximum absolute atomic E-state index is 13.5. The van der Waals surface area contributed by atoms with Crippen LogP contribution < -0.4 is 0 Å². The number of hydrogen-bond acceptors (Lipinski definition) is 2. The Hall–Kier alpha value is -1.42. The third-order valence-corrected chi connectivity index (χ3v) is 4.68. The molecular weight excluding hydrogens is 267 g/mol. The number of likely N-dealkylation sites (tertiary alicyclic amines) is 2. The van der Waals surface area contributed by atoms with Crippen LogP contribution in [-0.4, -0.2) is 41.9 Å². The van der Waals surface area contributed by atoms with Crippen LogP contribution in [0.4, 0.5) is 4.39 Å². The number of amides is 1. The molecule has 2 aliphatic rings. The van der Waals surface area contributed by atoms with Gasteiger partial charge in [0.2, 0.25) is 5.91 Å². The molecule has 0 aliphatic carbocycles. The monoisotopic (exact) mass is 290 g/mol. The second-order valence-corrected chi connectivity index (χ2v) is 6.09. The molecule has 1 aromatic rings. The molecule has 1 aromatic carbocycles. The van der Waals surface area contributed by atoms with Gasteiger partial charge in [-0.05, 0) is 43.5 Å². The van der Waals surface area contributed by atoms with E-state index in [1.54, 1.807) is 12.1 Å². The molecule has 0 saturated carbocycles. The summed E-state index contributed by atoms with van der Waals surface area (Å²) in [6.45, 7) is 3.65. The number of halogens is 1. The van der Waals surface area contributed by atoms with Crippen LogP contribution in [0.25, 0.3) is 0 Å².